The average molecular weight is 376 g/mol. The number of rotatable bonds is 7. The molecule has 0 aliphatic carbocycles. The summed E-state index contributed by atoms with van der Waals surface area (Å²) in [4.78, 5) is 49.2. The van der Waals surface area contributed by atoms with E-state index >= 15 is 0 Å². The first-order valence-electron chi connectivity index (χ1n) is 7.87. The molecule has 148 valence electrons. The summed E-state index contributed by atoms with van der Waals surface area (Å²) >= 11 is 0. The zero-order valence-corrected chi connectivity index (χ0v) is 15.2. The lowest BCUT2D eigenvalue weighted by Crippen LogP contribution is -2.91. The third-order valence-electron chi connectivity index (χ3n) is 4.97. The van der Waals surface area contributed by atoms with Crippen LogP contribution in [0.4, 0.5) is 0 Å². The van der Waals surface area contributed by atoms with Crippen LogP contribution in [0.2, 0.25) is 0 Å². The van der Waals surface area contributed by atoms with E-state index in [1.54, 1.807) is 0 Å². The van der Waals surface area contributed by atoms with E-state index < -0.39 is 58.4 Å². The highest BCUT2D eigenvalue weighted by atomic mass is 16.7. The Hall–Kier alpha value is -1.56. The van der Waals surface area contributed by atoms with Crippen LogP contribution >= 0.6 is 0 Å². The molecule has 5 atom stereocenters. The summed E-state index contributed by atoms with van der Waals surface area (Å²) in [5, 5.41) is 43.0. The summed E-state index contributed by atoms with van der Waals surface area (Å²) in [5.74, 6) is -5.18. The number of ether oxygens (including phenoxy) is 2. The van der Waals surface area contributed by atoms with Crippen LogP contribution in [0.5, 0.6) is 0 Å². The molecule has 0 saturated carbocycles. The highest BCUT2D eigenvalue weighted by Crippen LogP contribution is 2.51. The fourth-order valence-electron chi connectivity index (χ4n) is 3.48. The first-order valence-corrected chi connectivity index (χ1v) is 7.87. The molecule has 1 aliphatic rings. The van der Waals surface area contributed by atoms with Gasteiger partial charge in [0, 0.05) is 6.61 Å². The van der Waals surface area contributed by atoms with Crippen molar-refractivity contribution in [3.63, 3.8) is 0 Å². The second-order valence-electron chi connectivity index (χ2n) is 6.30. The van der Waals surface area contributed by atoms with Crippen LogP contribution in [-0.4, -0.2) is 85.5 Å². The van der Waals surface area contributed by atoms with Crippen molar-refractivity contribution >= 4 is 23.1 Å². The molecule has 1 heterocycles. The number of aliphatic hydroxyl groups excluding tert-OH is 1. The lowest BCUT2D eigenvalue weighted by Gasteiger charge is -2.60. The summed E-state index contributed by atoms with van der Waals surface area (Å²) in [5.41, 5.74) is -13.1. The first kappa shape index (κ1) is 22.5. The number of carbonyl (C=O) groups excluding carboxylic acids is 4. The number of Topliss-reactive ketones (excluding diaryl/α,β-unsaturated/α-hetero) is 4. The van der Waals surface area contributed by atoms with Gasteiger partial charge in [-0.3, -0.25) is 19.2 Å². The third kappa shape index (κ3) is 2.34. The molecule has 4 N–H and O–H groups in total. The Morgan fingerprint density at radius 1 is 0.885 bits per heavy atom. The maximum absolute atomic E-state index is 12.4. The molecule has 1 fully saturated rings. The highest BCUT2D eigenvalue weighted by Gasteiger charge is 2.84. The number of hydrogen-bond donors (Lipinski definition) is 4. The summed E-state index contributed by atoms with van der Waals surface area (Å²) in [6, 6.07) is 0. The molecule has 0 radical (unpaired) electrons. The van der Waals surface area contributed by atoms with E-state index in [0.29, 0.717) is 13.8 Å². The van der Waals surface area contributed by atoms with E-state index in [1.165, 1.54) is 6.92 Å². The molecule has 0 amide bonds. The molecule has 0 aromatic heterocycles. The predicted molar refractivity (Wildman–Crippen MR) is 83.9 cm³/mol. The van der Waals surface area contributed by atoms with E-state index in [0.717, 1.165) is 13.8 Å². The van der Waals surface area contributed by atoms with E-state index in [-0.39, 0.29) is 6.61 Å². The zero-order valence-electron chi connectivity index (χ0n) is 15.2. The van der Waals surface area contributed by atoms with Gasteiger partial charge in [-0.05, 0) is 34.6 Å². The van der Waals surface area contributed by atoms with Gasteiger partial charge in [0.15, 0.2) is 35.0 Å². The number of ketones is 4. The van der Waals surface area contributed by atoms with Crippen LogP contribution in [0.15, 0.2) is 0 Å². The van der Waals surface area contributed by atoms with E-state index in [4.69, 9.17) is 9.47 Å². The van der Waals surface area contributed by atoms with Gasteiger partial charge >= 0.3 is 0 Å². The van der Waals surface area contributed by atoms with Crippen molar-refractivity contribution < 1.29 is 49.1 Å². The van der Waals surface area contributed by atoms with Crippen molar-refractivity contribution in [3.8, 4) is 0 Å². The van der Waals surface area contributed by atoms with Crippen molar-refractivity contribution in [3.05, 3.63) is 0 Å². The van der Waals surface area contributed by atoms with Crippen LogP contribution in [0, 0.1) is 0 Å². The molecule has 0 aromatic carbocycles. The van der Waals surface area contributed by atoms with Crippen LogP contribution in [0.1, 0.15) is 34.6 Å². The van der Waals surface area contributed by atoms with E-state index in [9.17, 15) is 39.6 Å². The van der Waals surface area contributed by atoms with Crippen LogP contribution < -0.4 is 0 Å². The maximum Gasteiger partial charge on any atom is 0.213 e. The Balaban J connectivity index is 4.10. The predicted octanol–water partition coefficient (Wildman–Crippen LogP) is -2.34. The molecule has 0 bridgehead atoms. The topological polar surface area (TPSA) is 168 Å². The largest absolute Gasteiger partial charge is 0.393 e. The lowest BCUT2D eigenvalue weighted by molar-refractivity contribution is -0.387. The van der Waals surface area contributed by atoms with Crippen molar-refractivity contribution in [1.29, 1.82) is 0 Å². The zero-order chi connectivity index (χ0) is 20.7. The van der Waals surface area contributed by atoms with Crippen LogP contribution in [0.25, 0.3) is 0 Å². The summed E-state index contributed by atoms with van der Waals surface area (Å²) in [6.45, 7) is 2.93. The van der Waals surface area contributed by atoms with Crippen LogP contribution in [-0.2, 0) is 28.7 Å². The molecule has 1 saturated heterocycles. The number of carbonyl (C=O) groups is 4. The molecule has 1 rings (SSSR count). The van der Waals surface area contributed by atoms with E-state index in [1.807, 2.05) is 0 Å². The van der Waals surface area contributed by atoms with Gasteiger partial charge in [0.2, 0.25) is 16.8 Å². The standard InChI is InChI=1S/C16H24O10/c1-6-25-12-14(22,9(3)19)16(24,11(5)21)15(23,10(4)20)13(7-17,26-12)8(2)18/h12,17,22-24H,6-7H2,1-5H3/t12-,13-,14-,15+,16+/m0/s1. The van der Waals surface area contributed by atoms with Gasteiger partial charge in [-0.1, -0.05) is 0 Å². The molecule has 10 nitrogen and oxygen atoms in total. The summed E-state index contributed by atoms with van der Waals surface area (Å²) in [6.07, 6.45) is -2.13. The molecule has 0 spiro atoms. The monoisotopic (exact) mass is 376 g/mol. The van der Waals surface area contributed by atoms with Gasteiger partial charge in [0.25, 0.3) is 0 Å². The van der Waals surface area contributed by atoms with Gasteiger partial charge in [-0.25, -0.2) is 0 Å². The fourth-order valence-corrected chi connectivity index (χ4v) is 3.48. The Morgan fingerprint density at radius 2 is 1.35 bits per heavy atom. The lowest BCUT2D eigenvalue weighted by atomic mass is 9.56. The third-order valence-corrected chi connectivity index (χ3v) is 4.97. The second kappa shape index (κ2) is 6.87. The van der Waals surface area contributed by atoms with E-state index in [2.05, 4.69) is 0 Å². The molecule has 1 aliphatic heterocycles. The van der Waals surface area contributed by atoms with Crippen molar-refractivity contribution in [2.24, 2.45) is 0 Å². The van der Waals surface area contributed by atoms with Crippen molar-refractivity contribution in [2.45, 2.75) is 63.3 Å². The van der Waals surface area contributed by atoms with Gasteiger partial charge in [0.05, 0.1) is 6.61 Å². The molecule has 0 aromatic rings. The minimum atomic E-state index is -3.54. The average Bonchev–Trinajstić information content (AvgIpc) is 2.54. The normalized spacial score (nSPS) is 40.1. The molecule has 10 heteroatoms. The summed E-state index contributed by atoms with van der Waals surface area (Å²) in [7, 11) is 0. The Kier molecular flexibility index (Phi) is 5.94. The van der Waals surface area contributed by atoms with Gasteiger partial charge < -0.3 is 29.9 Å². The first-order chi connectivity index (χ1) is 11.7. The summed E-state index contributed by atoms with van der Waals surface area (Å²) < 4.78 is 10.3. The van der Waals surface area contributed by atoms with Crippen molar-refractivity contribution in [1.82, 2.24) is 0 Å². The number of hydrogen-bond acceptors (Lipinski definition) is 10. The van der Waals surface area contributed by atoms with Gasteiger partial charge in [-0.15, -0.1) is 0 Å². The quantitative estimate of drug-likeness (QED) is 0.378. The van der Waals surface area contributed by atoms with Crippen LogP contribution in [0.3, 0.4) is 0 Å². The Morgan fingerprint density at radius 3 is 1.62 bits per heavy atom. The smallest absolute Gasteiger partial charge is 0.213 e. The Bertz CT molecular complexity index is 633. The van der Waals surface area contributed by atoms with Crippen molar-refractivity contribution in [2.75, 3.05) is 13.2 Å². The molecular formula is C16H24O10. The minimum absolute atomic E-state index is 0.202. The van der Waals surface area contributed by atoms with Gasteiger partial charge in [-0.2, -0.15) is 0 Å². The SMILES string of the molecule is CCO[C@H]1O[C@@](CO)(C(C)=O)[C@](O)(C(C)=O)[C@@](O)(C(C)=O)[C@]1(O)C(C)=O. The fraction of sp³-hybridized carbons (Fsp3) is 0.750. The molecular weight excluding hydrogens is 352 g/mol. The second-order valence-corrected chi connectivity index (χ2v) is 6.30. The number of aliphatic hydroxyl groups is 4. The molecule has 26 heavy (non-hydrogen) atoms. The highest BCUT2D eigenvalue weighted by molar-refractivity contribution is 6.09. The van der Waals surface area contributed by atoms with Gasteiger partial charge in [0.1, 0.15) is 0 Å². The minimum Gasteiger partial charge on any atom is -0.393 e. The Labute approximate surface area is 149 Å². The maximum atomic E-state index is 12.4. The molecule has 0 unspecified atom stereocenters.